The van der Waals surface area contributed by atoms with Crippen LogP contribution in [0, 0.1) is 0 Å². The minimum Gasteiger partial charge on any atom is -0.361 e. The molecule has 1 saturated heterocycles. The Hall–Kier alpha value is -0.220. The van der Waals surface area contributed by atoms with Crippen LogP contribution in [-0.2, 0) is 4.74 Å². The zero-order valence-electron chi connectivity index (χ0n) is 10.1. The molecule has 0 aromatic rings. The van der Waals surface area contributed by atoms with Crippen LogP contribution in [-0.4, -0.2) is 23.8 Å². The van der Waals surface area contributed by atoms with Crippen molar-refractivity contribution >= 4 is 0 Å². The first-order valence-corrected chi connectivity index (χ1v) is 6.20. The van der Waals surface area contributed by atoms with Crippen LogP contribution in [0.5, 0.6) is 0 Å². The fourth-order valence-electron chi connectivity index (χ4n) is 2.67. The van der Waals surface area contributed by atoms with Gasteiger partial charge < -0.3 is 4.74 Å². The van der Waals surface area contributed by atoms with E-state index in [2.05, 4.69) is 19.2 Å². The molecule has 1 spiro atoms. The second-order valence-electron chi connectivity index (χ2n) is 5.49. The van der Waals surface area contributed by atoms with Crippen molar-refractivity contribution in [3.05, 3.63) is 0 Å². The zero-order chi connectivity index (χ0) is 11.9. The highest BCUT2D eigenvalue weighted by Crippen LogP contribution is 2.42. The lowest BCUT2D eigenvalue weighted by Gasteiger charge is -2.50. The molecule has 1 saturated carbocycles. The lowest BCUT2D eigenvalue weighted by atomic mass is 9.83. The summed E-state index contributed by atoms with van der Waals surface area (Å²) >= 11 is 0. The average molecular weight is 233 g/mol. The Kier molecular flexibility index (Phi) is 2.99. The third-order valence-corrected chi connectivity index (χ3v) is 4.13. The topological polar surface area (TPSA) is 21.3 Å². The zero-order valence-corrected chi connectivity index (χ0v) is 10.1. The van der Waals surface area contributed by atoms with E-state index in [4.69, 9.17) is 4.74 Å². The number of ether oxygens (including phenoxy) is 1. The van der Waals surface area contributed by atoms with E-state index in [0.29, 0.717) is 19.4 Å². The van der Waals surface area contributed by atoms with Crippen molar-refractivity contribution in [2.45, 2.75) is 69.6 Å². The van der Waals surface area contributed by atoms with Crippen molar-refractivity contribution in [2.75, 3.05) is 6.61 Å². The molecule has 0 bridgehead atoms. The molecule has 1 aliphatic heterocycles. The Labute approximate surface area is 95.7 Å². The van der Waals surface area contributed by atoms with Crippen LogP contribution in [0.25, 0.3) is 0 Å². The van der Waals surface area contributed by atoms with Crippen molar-refractivity contribution in [1.82, 2.24) is 5.32 Å². The van der Waals surface area contributed by atoms with E-state index in [-0.39, 0.29) is 18.4 Å². The second-order valence-corrected chi connectivity index (χ2v) is 5.49. The third kappa shape index (κ3) is 2.38. The minimum absolute atomic E-state index is 0.0465. The summed E-state index contributed by atoms with van der Waals surface area (Å²) in [6.45, 7) is 4.97. The summed E-state index contributed by atoms with van der Waals surface area (Å²) in [4.78, 5) is 0. The van der Waals surface area contributed by atoms with Gasteiger partial charge in [-0.1, -0.05) is 6.92 Å². The first-order chi connectivity index (χ1) is 7.39. The Morgan fingerprint density at radius 3 is 2.31 bits per heavy atom. The number of halogens is 2. The van der Waals surface area contributed by atoms with E-state index in [1.807, 2.05) is 0 Å². The molecule has 0 aromatic heterocycles. The number of alkyl halides is 2. The molecule has 1 heterocycles. The Morgan fingerprint density at radius 1 is 1.12 bits per heavy atom. The molecule has 94 valence electrons. The van der Waals surface area contributed by atoms with Crippen molar-refractivity contribution in [3.63, 3.8) is 0 Å². The summed E-state index contributed by atoms with van der Waals surface area (Å²) in [5, 5.41) is 3.48. The van der Waals surface area contributed by atoms with Gasteiger partial charge in [-0.3, -0.25) is 5.32 Å². The number of hydrogen-bond donors (Lipinski definition) is 1. The average Bonchev–Trinajstić information content (AvgIpc) is 2.24. The van der Waals surface area contributed by atoms with E-state index >= 15 is 0 Å². The van der Waals surface area contributed by atoms with Gasteiger partial charge >= 0.3 is 0 Å². The molecule has 1 N–H and O–H groups in total. The van der Waals surface area contributed by atoms with Crippen LogP contribution in [0.4, 0.5) is 8.78 Å². The monoisotopic (exact) mass is 233 g/mol. The molecule has 0 amide bonds. The highest BCUT2D eigenvalue weighted by Gasteiger charge is 2.48. The highest BCUT2D eigenvalue weighted by molar-refractivity contribution is 4.97. The predicted octanol–water partition coefficient (Wildman–Crippen LogP) is 3.07. The van der Waals surface area contributed by atoms with Gasteiger partial charge in [0.2, 0.25) is 5.92 Å². The Morgan fingerprint density at radius 2 is 1.75 bits per heavy atom. The molecule has 4 heteroatoms. The highest BCUT2D eigenvalue weighted by atomic mass is 19.3. The van der Waals surface area contributed by atoms with Gasteiger partial charge in [0.15, 0.2) is 0 Å². The van der Waals surface area contributed by atoms with Crippen molar-refractivity contribution in [3.8, 4) is 0 Å². The Balaban J connectivity index is 2.04. The van der Waals surface area contributed by atoms with E-state index in [1.54, 1.807) is 0 Å². The molecule has 0 radical (unpaired) electrons. The van der Waals surface area contributed by atoms with Crippen molar-refractivity contribution < 1.29 is 13.5 Å². The fraction of sp³-hybridized carbons (Fsp3) is 1.00. The van der Waals surface area contributed by atoms with Crippen molar-refractivity contribution in [2.24, 2.45) is 0 Å². The predicted molar refractivity (Wildman–Crippen MR) is 58.5 cm³/mol. The molecule has 0 aromatic carbocycles. The maximum atomic E-state index is 13.1. The smallest absolute Gasteiger partial charge is 0.248 e. The molecule has 2 nitrogen and oxygen atoms in total. The molecular formula is C12H21F2NO. The first kappa shape index (κ1) is 12.2. The molecular weight excluding hydrogens is 212 g/mol. The SMILES string of the molecule is CCC1(C)CCOC2(CCC(F)(F)CC2)N1. The normalized spacial score (nSPS) is 37.5. The van der Waals surface area contributed by atoms with Gasteiger partial charge in [0.05, 0.1) is 6.61 Å². The lowest BCUT2D eigenvalue weighted by Crippen LogP contribution is -2.64. The van der Waals surface area contributed by atoms with Crippen LogP contribution in [0.1, 0.15) is 52.4 Å². The Bertz CT molecular complexity index is 260. The van der Waals surface area contributed by atoms with Crippen LogP contribution in [0.15, 0.2) is 0 Å². The third-order valence-electron chi connectivity index (χ3n) is 4.13. The largest absolute Gasteiger partial charge is 0.361 e. The molecule has 1 atom stereocenters. The molecule has 16 heavy (non-hydrogen) atoms. The van der Waals surface area contributed by atoms with E-state index < -0.39 is 11.6 Å². The van der Waals surface area contributed by atoms with Crippen LogP contribution in [0.3, 0.4) is 0 Å². The van der Waals surface area contributed by atoms with Crippen molar-refractivity contribution in [1.29, 1.82) is 0 Å². The summed E-state index contributed by atoms with van der Waals surface area (Å²) < 4.78 is 32.0. The van der Waals surface area contributed by atoms with E-state index in [1.165, 1.54) is 0 Å². The summed E-state index contributed by atoms with van der Waals surface area (Å²) in [6, 6.07) is 0. The molecule has 1 aliphatic carbocycles. The second kappa shape index (κ2) is 3.91. The first-order valence-electron chi connectivity index (χ1n) is 6.20. The van der Waals surface area contributed by atoms with E-state index in [9.17, 15) is 8.78 Å². The number of rotatable bonds is 1. The summed E-state index contributed by atoms with van der Waals surface area (Å²) in [5.41, 5.74) is -0.435. The molecule has 2 aliphatic rings. The van der Waals surface area contributed by atoms with Gasteiger partial charge in [-0.25, -0.2) is 8.78 Å². The maximum absolute atomic E-state index is 13.1. The number of nitrogens with one attached hydrogen (secondary N) is 1. The summed E-state index contributed by atoms with van der Waals surface area (Å²) in [7, 11) is 0. The van der Waals surface area contributed by atoms with Gasteiger partial charge in [-0.05, 0) is 32.6 Å². The van der Waals surface area contributed by atoms with Gasteiger partial charge in [-0.15, -0.1) is 0 Å². The van der Waals surface area contributed by atoms with Gasteiger partial charge in [0.1, 0.15) is 5.72 Å². The number of hydrogen-bond acceptors (Lipinski definition) is 2. The van der Waals surface area contributed by atoms with Crippen LogP contribution >= 0.6 is 0 Å². The van der Waals surface area contributed by atoms with Crippen LogP contribution in [0.2, 0.25) is 0 Å². The summed E-state index contributed by atoms with van der Waals surface area (Å²) in [5.74, 6) is -2.49. The maximum Gasteiger partial charge on any atom is 0.248 e. The van der Waals surface area contributed by atoms with Crippen LogP contribution < -0.4 is 5.32 Å². The van der Waals surface area contributed by atoms with E-state index in [0.717, 1.165) is 12.8 Å². The standard InChI is InChI=1S/C12H21F2NO/c1-3-10(2)8-9-16-12(15-10)6-4-11(13,14)5-7-12/h15H,3-9H2,1-2H3. The lowest BCUT2D eigenvalue weighted by molar-refractivity contribution is -0.182. The van der Waals surface area contributed by atoms with Gasteiger partial charge in [0.25, 0.3) is 0 Å². The molecule has 2 rings (SSSR count). The van der Waals surface area contributed by atoms with Gasteiger partial charge in [0, 0.05) is 18.4 Å². The quantitative estimate of drug-likeness (QED) is 0.751. The van der Waals surface area contributed by atoms with Gasteiger partial charge in [-0.2, -0.15) is 0 Å². The minimum atomic E-state index is -2.49. The summed E-state index contributed by atoms with van der Waals surface area (Å²) in [6.07, 6.45) is 2.71. The fourth-order valence-corrected chi connectivity index (χ4v) is 2.67. The molecule has 2 fully saturated rings. The molecule has 1 unspecified atom stereocenters.